The predicted molar refractivity (Wildman–Crippen MR) is 61.4 cm³/mol. The number of amides is 1. The third-order valence-corrected chi connectivity index (χ3v) is 2.60. The molecule has 0 aromatic carbocycles. The summed E-state index contributed by atoms with van der Waals surface area (Å²) in [5, 5.41) is 2.71. The van der Waals surface area contributed by atoms with Crippen LogP contribution < -0.4 is 5.32 Å². The van der Waals surface area contributed by atoms with Crippen molar-refractivity contribution in [2.45, 2.75) is 25.8 Å². The normalized spacial score (nSPS) is 16.0. The first-order valence-electron chi connectivity index (χ1n) is 5.44. The van der Waals surface area contributed by atoms with Crippen molar-refractivity contribution in [3.05, 3.63) is 42.1 Å². The largest absolute Gasteiger partial charge is 0.333 e. The van der Waals surface area contributed by atoms with E-state index < -0.39 is 0 Å². The quantitative estimate of drug-likeness (QED) is 0.779. The standard InChI is InChI=1S/C12H15N3O/c16-10-14-12-4-2-1-3-11(7-12)8-15-6-5-13-9-15/h4-7,9-10H,1-3,8H2,(H,14,16). The summed E-state index contributed by atoms with van der Waals surface area (Å²) < 4.78 is 2.04. The fourth-order valence-electron chi connectivity index (χ4n) is 1.85. The highest BCUT2D eigenvalue weighted by Crippen LogP contribution is 2.17. The van der Waals surface area contributed by atoms with E-state index >= 15 is 0 Å². The molecular weight excluding hydrogens is 202 g/mol. The summed E-state index contributed by atoms with van der Waals surface area (Å²) in [5.41, 5.74) is 2.22. The van der Waals surface area contributed by atoms with Crippen molar-refractivity contribution in [1.82, 2.24) is 14.9 Å². The fraction of sp³-hybridized carbons (Fsp3) is 0.333. The molecule has 0 fully saturated rings. The minimum Gasteiger partial charge on any atom is -0.333 e. The maximum absolute atomic E-state index is 10.4. The monoisotopic (exact) mass is 217 g/mol. The molecule has 1 aromatic heterocycles. The van der Waals surface area contributed by atoms with E-state index in [0.29, 0.717) is 0 Å². The SMILES string of the molecule is O=CNC1=CCCCC(Cn2ccnc2)=C1. The molecule has 1 N–H and O–H groups in total. The number of carbonyl (C=O) groups excluding carboxylic acids is 1. The number of allylic oxidation sites excluding steroid dienone is 3. The van der Waals surface area contributed by atoms with Crippen LogP contribution in [0.15, 0.2) is 42.1 Å². The van der Waals surface area contributed by atoms with Gasteiger partial charge >= 0.3 is 0 Å². The average Bonchev–Trinajstić information content (AvgIpc) is 2.67. The predicted octanol–water partition coefficient (Wildman–Crippen LogP) is 1.62. The lowest BCUT2D eigenvalue weighted by Crippen LogP contribution is -2.09. The van der Waals surface area contributed by atoms with Gasteiger partial charge in [-0.05, 0) is 30.9 Å². The average molecular weight is 217 g/mol. The molecule has 0 unspecified atom stereocenters. The van der Waals surface area contributed by atoms with Crippen LogP contribution in [0.4, 0.5) is 0 Å². The van der Waals surface area contributed by atoms with Crippen LogP contribution in [0, 0.1) is 0 Å². The van der Waals surface area contributed by atoms with Crippen LogP contribution in [-0.2, 0) is 11.3 Å². The van der Waals surface area contributed by atoms with Crippen LogP contribution in [0.3, 0.4) is 0 Å². The maximum atomic E-state index is 10.4. The molecule has 1 aliphatic rings. The van der Waals surface area contributed by atoms with Crippen LogP contribution >= 0.6 is 0 Å². The number of imidazole rings is 1. The summed E-state index contributed by atoms with van der Waals surface area (Å²) in [6.07, 6.45) is 13.6. The Bertz CT molecular complexity index is 404. The lowest BCUT2D eigenvalue weighted by molar-refractivity contribution is -0.108. The molecule has 1 amide bonds. The van der Waals surface area contributed by atoms with Gasteiger partial charge in [0.25, 0.3) is 0 Å². The van der Waals surface area contributed by atoms with Gasteiger partial charge in [-0.3, -0.25) is 4.79 Å². The molecule has 1 aliphatic carbocycles. The molecule has 1 aromatic rings. The molecule has 0 aliphatic heterocycles. The molecule has 4 nitrogen and oxygen atoms in total. The van der Waals surface area contributed by atoms with Crippen molar-refractivity contribution in [2.24, 2.45) is 0 Å². The van der Waals surface area contributed by atoms with Gasteiger partial charge in [-0.15, -0.1) is 0 Å². The molecule has 0 saturated heterocycles. The summed E-state index contributed by atoms with van der Waals surface area (Å²) in [5.74, 6) is 0. The fourth-order valence-corrected chi connectivity index (χ4v) is 1.85. The second-order valence-corrected chi connectivity index (χ2v) is 3.85. The zero-order valence-electron chi connectivity index (χ0n) is 9.10. The zero-order chi connectivity index (χ0) is 11.2. The molecule has 1 heterocycles. The van der Waals surface area contributed by atoms with E-state index in [1.54, 1.807) is 6.20 Å². The molecule has 16 heavy (non-hydrogen) atoms. The third-order valence-electron chi connectivity index (χ3n) is 2.60. The second-order valence-electron chi connectivity index (χ2n) is 3.85. The van der Waals surface area contributed by atoms with Crippen LogP contribution in [0.5, 0.6) is 0 Å². The number of rotatable bonds is 4. The molecule has 0 saturated carbocycles. The van der Waals surface area contributed by atoms with Gasteiger partial charge in [0.05, 0.1) is 6.33 Å². The molecule has 84 valence electrons. The molecular formula is C12H15N3O. The van der Waals surface area contributed by atoms with E-state index in [2.05, 4.69) is 22.5 Å². The van der Waals surface area contributed by atoms with Gasteiger partial charge in [0.1, 0.15) is 0 Å². The summed E-state index contributed by atoms with van der Waals surface area (Å²) in [7, 11) is 0. The summed E-state index contributed by atoms with van der Waals surface area (Å²) in [6, 6.07) is 0. The lowest BCUT2D eigenvalue weighted by Gasteiger charge is -2.06. The Balaban J connectivity index is 2.07. The minimum absolute atomic E-state index is 0.725. The number of hydrogen-bond acceptors (Lipinski definition) is 2. The number of nitrogens with one attached hydrogen (secondary N) is 1. The van der Waals surface area contributed by atoms with E-state index in [9.17, 15) is 4.79 Å². The Morgan fingerprint density at radius 1 is 1.56 bits per heavy atom. The molecule has 0 spiro atoms. The first-order valence-corrected chi connectivity index (χ1v) is 5.44. The van der Waals surface area contributed by atoms with Gasteiger partial charge < -0.3 is 9.88 Å². The Kier molecular flexibility index (Phi) is 3.53. The summed E-state index contributed by atoms with van der Waals surface area (Å²) in [4.78, 5) is 14.4. The number of hydrogen-bond donors (Lipinski definition) is 1. The minimum atomic E-state index is 0.725. The molecule has 0 radical (unpaired) electrons. The molecule has 0 atom stereocenters. The smallest absolute Gasteiger partial charge is 0.211 e. The number of aromatic nitrogens is 2. The third kappa shape index (κ3) is 2.82. The van der Waals surface area contributed by atoms with Crippen molar-refractivity contribution >= 4 is 6.41 Å². The van der Waals surface area contributed by atoms with Gasteiger partial charge in [-0.2, -0.15) is 0 Å². The van der Waals surface area contributed by atoms with Crippen LogP contribution in [0.2, 0.25) is 0 Å². The first kappa shape index (κ1) is 10.7. The van der Waals surface area contributed by atoms with Crippen molar-refractivity contribution in [1.29, 1.82) is 0 Å². The van der Waals surface area contributed by atoms with E-state index in [0.717, 1.165) is 37.9 Å². The van der Waals surface area contributed by atoms with Crippen molar-refractivity contribution in [3.63, 3.8) is 0 Å². The highest BCUT2D eigenvalue weighted by Gasteiger charge is 2.04. The lowest BCUT2D eigenvalue weighted by atomic mass is 10.1. The van der Waals surface area contributed by atoms with Crippen molar-refractivity contribution in [2.75, 3.05) is 0 Å². The van der Waals surface area contributed by atoms with Gasteiger partial charge in [0.2, 0.25) is 6.41 Å². The highest BCUT2D eigenvalue weighted by molar-refractivity contribution is 5.52. The van der Waals surface area contributed by atoms with E-state index in [4.69, 9.17) is 0 Å². The van der Waals surface area contributed by atoms with E-state index in [-0.39, 0.29) is 0 Å². The summed E-state index contributed by atoms with van der Waals surface area (Å²) in [6.45, 7) is 0.845. The van der Waals surface area contributed by atoms with E-state index in [1.165, 1.54) is 5.57 Å². The maximum Gasteiger partial charge on any atom is 0.211 e. The first-order chi connectivity index (χ1) is 7.88. The second kappa shape index (κ2) is 5.30. The molecule has 4 heteroatoms. The Morgan fingerprint density at radius 3 is 3.25 bits per heavy atom. The topological polar surface area (TPSA) is 46.9 Å². The molecule has 0 bridgehead atoms. The van der Waals surface area contributed by atoms with Crippen LogP contribution in [0.25, 0.3) is 0 Å². The highest BCUT2D eigenvalue weighted by atomic mass is 16.1. The van der Waals surface area contributed by atoms with Crippen LogP contribution in [-0.4, -0.2) is 16.0 Å². The van der Waals surface area contributed by atoms with Crippen molar-refractivity contribution < 1.29 is 4.79 Å². The Hall–Kier alpha value is -1.84. The van der Waals surface area contributed by atoms with Crippen molar-refractivity contribution in [3.8, 4) is 0 Å². The van der Waals surface area contributed by atoms with Gasteiger partial charge in [0, 0.05) is 24.6 Å². The van der Waals surface area contributed by atoms with Gasteiger partial charge in [0.15, 0.2) is 0 Å². The Morgan fingerprint density at radius 2 is 2.50 bits per heavy atom. The number of nitrogens with zero attached hydrogens (tertiary/aromatic N) is 2. The van der Waals surface area contributed by atoms with Gasteiger partial charge in [-0.1, -0.05) is 6.08 Å². The van der Waals surface area contributed by atoms with Gasteiger partial charge in [-0.25, -0.2) is 4.98 Å². The zero-order valence-corrected chi connectivity index (χ0v) is 9.10. The molecule has 2 rings (SSSR count). The summed E-state index contributed by atoms with van der Waals surface area (Å²) >= 11 is 0. The Labute approximate surface area is 94.7 Å². The number of carbonyl (C=O) groups is 1. The van der Waals surface area contributed by atoms with E-state index in [1.807, 2.05) is 17.1 Å². The van der Waals surface area contributed by atoms with Crippen LogP contribution in [0.1, 0.15) is 19.3 Å².